The number of nitrogens with one attached hydrogen (secondary N) is 1. The van der Waals surface area contributed by atoms with E-state index < -0.39 is 0 Å². The number of hydrogen-bond acceptors (Lipinski definition) is 2. The van der Waals surface area contributed by atoms with E-state index in [1.54, 1.807) is 0 Å². The Labute approximate surface area is 130 Å². The normalized spacial score (nSPS) is 25.8. The lowest BCUT2D eigenvalue weighted by Gasteiger charge is -2.36. The fraction of sp³-hybridized carbons (Fsp3) is 0.684. The summed E-state index contributed by atoms with van der Waals surface area (Å²) in [7, 11) is 0. The highest BCUT2D eigenvalue weighted by molar-refractivity contribution is 5.34. The molecule has 0 heterocycles. The molecule has 118 valence electrons. The minimum atomic E-state index is 0.317. The van der Waals surface area contributed by atoms with Crippen molar-refractivity contribution in [3.8, 4) is 5.75 Å². The third-order valence-electron chi connectivity index (χ3n) is 4.83. The van der Waals surface area contributed by atoms with E-state index >= 15 is 0 Å². The van der Waals surface area contributed by atoms with E-state index in [4.69, 9.17) is 4.74 Å². The molecule has 2 heteroatoms. The van der Waals surface area contributed by atoms with Gasteiger partial charge in [-0.25, -0.2) is 0 Å². The van der Waals surface area contributed by atoms with E-state index in [2.05, 4.69) is 51.2 Å². The van der Waals surface area contributed by atoms with Crippen molar-refractivity contribution in [2.75, 3.05) is 6.54 Å². The molecule has 1 aromatic carbocycles. The Morgan fingerprint density at radius 1 is 1.14 bits per heavy atom. The molecule has 1 aliphatic rings. The molecule has 0 amide bonds. The summed E-state index contributed by atoms with van der Waals surface area (Å²) >= 11 is 0. The lowest BCUT2D eigenvalue weighted by molar-refractivity contribution is 0.0839. The number of likely N-dealkylation sites (N-methyl/N-ethyl adjacent to an activating group) is 1. The molecule has 0 bridgehead atoms. The van der Waals surface area contributed by atoms with E-state index in [0.717, 1.165) is 18.2 Å². The number of rotatable bonds is 6. The Morgan fingerprint density at radius 3 is 2.62 bits per heavy atom. The van der Waals surface area contributed by atoms with Crippen molar-refractivity contribution in [1.29, 1.82) is 0 Å². The predicted molar refractivity (Wildman–Crippen MR) is 90.0 cm³/mol. The van der Waals surface area contributed by atoms with Crippen LogP contribution in [0.2, 0.25) is 0 Å². The predicted octanol–water partition coefficient (Wildman–Crippen LogP) is 4.63. The Hall–Kier alpha value is -1.02. The van der Waals surface area contributed by atoms with E-state index in [0.29, 0.717) is 12.1 Å². The highest BCUT2D eigenvalue weighted by atomic mass is 16.5. The molecule has 3 atom stereocenters. The average Bonchev–Trinajstić information content (AvgIpc) is 2.46. The van der Waals surface area contributed by atoms with Gasteiger partial charge in [0.2, 0.25) is 0 Å². The summed E-state index contributed by atoms with van der Waals surface area (Å²) < 4.78 is 6.37. The number of aryl methyl sites for hydroxylation is 2. The molecule has 1 fully saturated rings. The number of ether oxygens (including phenoxy) is 1. The van der Waals surface area contributed by atoms with Crippen molar-refractivity contribution in [3.63, 3.8) is 0 Å². The zero-order valence-electron chi connectivity index (χ0n) is 14.1. The first kappa shape index (κ1) is 16.4. The fourth-order valence-electron chi connectivity index (χ4n) is 3.47. The Bertz CT molecular complexity index is 443. The zero-order chi connectivity index (χ0) is 15.2. The van der Waals surface area contributed by atoms with E-state index in [1.807, 2.05) is 0 Å². The second-order valence-corrected chi connectivity index (χ2v) is 6.53. The summed E-state index contributed by atoms with van der Waals surface area (Å²) in [5.41, 5.74) is 2.64. The second-order valence-electron chi connectivity index (χ2n) is 6.53. The lowest BCUT2D eigenvalue weighted by Crippen LogP contribution is -2.47. The average molecular weight is 289 g/mol. The molecule has 0 saturated heterocycles. The third-order valence-corrected chi connectivity index (χ3v) is 4.83. The lowest BCUT2D eigenvalue weighted by atomic mass is 9.81. The molecule has 0 radical (unpaired) electrons. The maximum atomic E-state index is 6.37. The van der Waals surface area contributed by atoms with Crippen LogP contribution in [-0.4, -0.2) is 18.7 Å². The summed E-state index contributed by atoms with van der Waals surface area (Å²) in [5, 5.41) is 3.62. The van der Waals surface area contributed by atoms with Gasteiger partial charge in [-0.05, 0) is 68.8 Å². The third kappa shape index (κ3) is 4.47. The Balaban J connectivity index is 2.05. The van der Waals surface area contributed by atoms with E-state index in [9.17, 15) is 0 Å². The Morgan fingerprint density at radius 2 is 1.95 bits per heavy atom. The minimum absolute atomic E-state index is 0.317. The molecule has 0 spiro atoms. The first-order valence-electron chi connectivity index (χ1n) is 8.61. The molecular formula is C19H31NO. The quantitative estimate of drug-likeness (QED) is 0.824. The molecule has 2 nitrogen and oxygen atoms in total. The van der Waals surface area contributed by atoms with Crippen LogP contribution in [0.25, 0.3) is 0 Å². The highest BCUT2D eigenvalue weighted by Crippen LogP contribution is 2.31. The molecule has 1 aliphatic carbocycles. The van der Waals surface area contributed by atoms with Crippen molar-refractivity contribution in [2.24, 2.45) is 5.92 Å². The van der Waals surface area contributed by atoms with Crippen molar-refractivity contribution in [1.82, 2.24) is 5.32 Å². The SMILES string of the molecule is CCCC1CCC(NCC)C(Oc2ccc(C)c(C)c2)C1. The molecule has 1 N–H and O–H groups in total. The maximum Gasteiger partial charge on any atom is 0.120 e. The van der Waals surface area contributed by atoms with Crippen LogP contribution in [0.4, 0.5) is 0 Å². The van der Waals surface area contributed by atoms with Gasteiger partial charge in [-0.15, -0.1) is 0 Å². The van der Waals surface area contributed by atoms with Crippen LogP contribution >= 0.6 is 0 Å². The van der Waals surface area contributed by atoms with Gasteiger partial charge >= 0.3 is 0 Å². The summed E-state index contributed by atoms with van der Waals surface area (Å²) in [4.78, 5) is 0. The van der Waals surface area contributed by atoms with Crippen LogP contribution in [0.1, 0.15) is 57.1 Å². The minimum Gasteiger partial charge on any atom is -0.489 e. The van der Waals surface area contributed by atoms with Gasteiger partial charge in [0, 0.05) is 6.04 Å². The van der Waals surface area contributed by atoms with Gasteiger partial charge in [0.1, 0.15) is 11.9 Å². The first-order valence-corrected chi connectivity index (χ1v) is 8.61. The molecule has 3 unspecified atom stereocenters. The highest BCUT2D eigenvalue weighted by Gasteiger charge is 2.31. The molecule has 1 saturated carbocycles. The topological polar surface area (TPSA) is 21.3 Å². The number of benzene rings is 1. The van der Waals surface area contributed by atoms with E-state index in [-0.39, 0.29) is 0 Å². The van der Waals surface area contributed by atoms with Crippen LogP contribution in [0.15, 0.2) is 18.2 Å². The molecular weight excluding hydrogens is 258 g/mol. The van der Waals surface area contributed by atoms with Gasteiger partial charge in [0.05, 0.1) is 0 Å². The monoisotopic (exact) mass is 289 g/mol. The van der Waals surface area contributed by atoms with Crippen LogP contribution in [0.3, 0.4) is 0 Å². The van der Waals surface area contributed by atoms with Gasteiger partial charge in [-0.1, -0.05) is 32.8 Å². The molecule has 0 aromatic heterocycles. The van der Waals surface area contributed by atoms with Crippen molar-refractivity contribution in [3.05, 3.63) is 29.3 Å². The first-order chi connectivity index (χ1) is 10.1. The zero-order valence-corrected chi connectivity index (χ0v) is 14.1. The van der Waals surface area contributed by atoms with Gasteiger partial charge in [0.25, 0.3) is 0 Å². The maximum absolute atomic E-state index is 6.37. The molecule has 21 heavy (non-hydrogen) atoms. The molecule has 0 aliphatic heterocycles. The van der Waals surface area contributed by atoms with Gasteiger partial charge in [-0.3, -0.25) is 0 Å². The van der Waals surface area contributed by atoms with Gasteiger partial charge in [-0.2, -0.15) is 0 Å². The van der Waals surface area contributed by atoms with Crippen molar-refractivity contribution < 1.29 is 4.74 Å². The Kier molecular flexibility index (Phi) is 6.10. The van der Waals surface area contributed by atoms with Crippen molar-refractivity contribution in [2.45, 2.75) is 71.9 Å². The summed E-state index contributed by atoms with van der Waals surface area (Å²) in [6.07, 6.45) is 6.72. The van der Waals surface area contributed by atoms with E-state index in [1.165, 1.54) is 43.2 Å². The summed E-state index contributed by atoms with van der Waals surface area (Å²) in [6.45, 7) is 9.81. The fourth-order valence-corrected chi connectivity index (χ4v) is 3.47. The summed E-state index contributed by atoms with van der Waals surface area (Å²) in [5.74, 6) is 1.87. The second kappa shape index (κ2) is 7.84. The largest absolute Gasteiger partial charge is 0.489 e. The van der Waals surface area contributed by atoms with Crippen LogP contribution in [0.5, 0.6) is 5.75 Å². The molecule has 2 rings (SSSR count). The van der Waals surface area contributed by atoms with Gasteiger partial charge in [0.15, 0.2) is 0 Å². The smallest absolute Gasteiger partial charge is 0.120 e. The van der Waals surface area contributed by atoms with Gasteiger partial charge < -0.3 is 10.1 Å². The number of hydrogen-bond donors (Lipinski definition) is 1. The van der Waals surface area contributed by atoms with Crippen LogP contribution in [0, 0.1) is 19.8 Å². The van der Waals surface area contributed by atoms with Crippen LogP contribution < -0.4 is 10.1 Å². The van der Waals surface area contributed by atoms with Crippen LogP contribution in [-0.2, 0) is 0 Å². The molecule has 1 aromatic rings. The summed E-state index contributed by atoms with van der Waals surface area (Å²) in [6, 6.07) is 6.97. The standard InChI is InChI=1S/C19H31NO/c1-5-7-16-9-11-18(20-6-2)19(13-16)21-17-10-8-14(3)15(4)12-17/h8,10,12,16,18-20H,5-7,9,11,13H2,1-4H3. The van der Waals surface area contributed by atoms with Crippen molar-refractivity contribution >= 4 is 0 Å².